The molecule has 0 saturated carbocycles. The van der Waals surface area contributed by atoms with Gasteiger partial charge in [-0.2, -0.15) is 0 Å². The van der Waals surface area contributed by atoms with Crippen LogP contribution in [0.1, 0.15) is 25.3 Å². The first-order valence-electron chi connectivity index (χ1n) is 7.75. The molecular formula is C17H24ClNO3. The molecule has 5 heteroatoms. The van der Waals surface area contributed by atoms with Crippen molar-refractivity contribution >= 4 is 17.5 Å². The highest BCUT2D eigenvalue weighted by atomic mass is 35.5. The maximum Gasteiger partial charge on any atom is 0.223 e. The second kappa shape index (κ2) is 7.95. The van der Waals surface area contributed by atoms with E-state index in [2.05, 4.69) is 5.32 Å². The standard InChI is InChI=1S/C17H24ClNO3/c1-13(10-14-2-4-15(18)5-3-14)16(21)19-11-17(12-20)6-8-22-9-7-17/h2-5,13,20H,6-12H2,1H3,(H,19,21)/t13-/m1/s1. The Hall–Kier alpha value is -1.10. The number of hydrogen-bond donors (Lipinski definition) is 2. The number of ether oxygens (including phenoxy) is 1. The minimum absolute atomic E-state index is 0.0225. The number of aliphatic hydroxyl groups is 1. The third-order valence-corrected chi connectivity index (χ3v) is 4.68. The van der Waals surface area contributed by atoms with E-state index in [0.29, 0.717) is 31.2 Å². The Bertz CT molecular complexity index is 483. The monoisotopic (exact) mass is 325 g/mol. The molecule has 1 aliphatic rings. The van der Waals surface area contributed by atoms with Crippen molar-refractivity contribution in [2.75, 3.05) is 26.4 Å². The highest BCUT2D eigenvalue weighted by molar-refractivity contribution is 6.30. The Morgan fingerprint density at radius 2 is 2.00 bits per heavy atom. The fourth-order valence-electron chi connectivity index (χ4n) is 2.71. The van der Waals surface area contributed by atoms with Crippen LogP contribution in [-0.4, -0.2) is 37.4 Å². The van der Waals surface area contributed by atoms with Gasteiger partial charge in [0.2, 0.25) is 5.91 Å². The summed E-state index contributed by atoms with van der Waals surface area (Å²) in [5, 5.41) is 13.3. The van der Waals surface area contributed by atoms with Crippen molar-refractivity contribution in [2.24, 2.45) is 11.3 Å². The van der Waals surface area contributed by atoms with Gasteiger partial charge in [0, 0.05) is 36.1 Å². The number of aliphatic hydroxyl groups excluding tert-OH is 1. The zero-order chi connectivity index (χ0) is 16.0. The van der Waals surface area contributed by atoms with Crippen LogP contribution in [0.5, 0.6) is 0 Å². The molecule has 1 aromatic rings. The number of nitrogens with one attached hydrogen (secondary N) is 1. The molecule has 0 bridgehead atoms. The van der Waals surface area contributed by atoms with Crippen LogP contribution >= 0.6 is 11.6 Å². The van der Waals surface area contributed by atoms with Crippen molar-refractivity contribution in [2.45, 2.75) is 26.2 Å². The van der Waals surface area contributed by atoms with Crippen LogP contribution in [0.25, 0.3) is 0 Å². The Morgan fingerprint density at radius 3 is 2.59 bits per heavy atom. The smallest absolute Gasteiger partial charge is 0.223 e. The molecule has 1 heterocycles. The third-order valence-electron chi connectivity index (χ3n) is 4.43. The highest BCUT2D eigenvalue weighted by Crippen LogP contribution is 2.29. The minimum atomic E-state index is -0.228. The second-order valence-electron chi connectivity index (χ2n) is 6.22. The fraction of sp³-hybridized carbons (Fsp3) is 0.588. The normalized spacial score (nSPS) is 18.7. The van der Waals surface area contributed by atoms with Crippen molar-refractivity contribution < 1.29 is 14.6 Å². The van der Waals surface area contributed by atoms with Gasteiger partial charge in [0.1, 0.15) is 0 Å². The molecule has 1 amide bonds. The Morgan fingerprint density at radius 1 is 1.36 bits per heavy atom. The number of carbonyl (C=O) groups is 1. The van der Waals surface area contributed by atoms with E-state index in [1.807, 2.05) is 31.2 Å². The van der Waals surface area contributed by atoms with E-state index in [1.165, 1.54) is 0 Å². The van der Waals surface area contributed by atoms with E-state index in [9.17, 15) is 9.90 Å². The SMILES string of the molecule is C[C@H](Cc1ccc(Cl)cc1)C(=O)NCC1(CO)CCOCC1. The summed E-state index contributed by atoms with van der Waals surface area (Å²) in [5.74, 6) is -0.0916. The maximum absolute atomic E-state index is 12.3. The molecule has 4 nitrogen and oxygen atoms in total. The van der Waals surface area contributed by atoms with Gasteiger partial charge >= 0.3 is 0 Å². The summed E-state index contributed by atoms with van der Waals surface area (Å²) in [6, 6.07) is 7.56. The summed E-state index contributed by atoms with van der Waals surface area (Å²) in [5.41, 5.74) is 0.864. The largest absolute Gasteiger partial charge is 0.396 e. The lowest BCUT2D eigenvalue weighted by atomic mass is 9.81. The van der Waals surface area contributed by atoms with Gasteiger partial charge in [0.25, 0.3) is 0 Å². The van der Waals surface area contributed by atoms with Crippen LogP contribution in [-0.2, 0) is 16.0 Å². The summed E-state index contributed by atoms with van der Waals surface area (Å²) < 4.78 is 5.33. The molecule has 1 fully saturated rings. The Balaban J connectivity index is 1.84. The zero-order valence-corrected chi connectivity index (χ0v) is 13.7. The van der Waals surface area contributed by atoms with Crippen LogP contribution in [0.3, 0.4) is 0 Å². The predicted molar refractivity (Wildman–Crippen MR) is 86.9 cm³/mol. The van der Waals surface area contributed by atoms with Crippen molar-refractivity contribution in [1.82, 2.24) is 5.32 Å². The van der Waals surface area contributed by atoms with E-state index in [-0.39, 0.29) is 23.8 Å². The molecule has 2 rings (SSSR count). The summed E-state index contributed by atoms with van der Waals surface area (Å²) in [4.78, 5) is 12.3. The van der Waals surface area contributed by atoms with Crippen molar-refractivity contribution in [3.05, 3.63) is 34.9 Å². The predicted octanol–water partition coefficient (Wildman–Crippen LogP) is 2.42. The first kappa shape index (κ1) is 17.3. The number of hydrogen-bond acceptors (Lipinski definition) is 3. The summed E-state index contributed by atoms with van der Waals surface area (Å²) >= 11 is 5.86. The van der Waals surface area contributed by atoms with E-state index in [4.69, 9.17) is 16.3 Å². The molecule has 0 spiro atoms. The molecule has 0 aliphatic carbocycles. The van der Waals surface area contributed by atoms with Crippen LogP contribution in [0.2, 0.25) is 5.02 Å². The molecule has 22 heavy (non-hydrogen) atoms. The average molecular weight is 326 g/mol. The summed E-state index contributed by atoms with van der Waals surface area (Å²) in [6.45, 7) is 3.81. The number of amides is 1. The van der Waals surface area contributed by atoms with Crippen LogP contribution < -0.4 is 5.32 Å². The molecule has 1 atom stereocenters. The van der Waals surface area contributed by atoms with Gasteiger partial charge in [0.15, 0.2) is 0 Å². The Labute approximate surface area is 136 Å². The molecule has 1 aromatic carbocycles. The van der Waals surface area contributed by atoms with E-state index in [0.717, 1.165) is 18.4 Å². The minimum Gasteiger partial charge on any atom is -0.396 e. The zero-order valence-electron chi connectivity index (χ0n) is 13.0. The van der Waals surface area contributed by atoms with Crippen molar-refractivity contribution in [1.29, 1.82) is 0 Å². The Kier molecular flexibility index (Phi) is 6.24. The van der Waals surface area contributed by atoms with E-state index >= 15 is 0 Å². The van der Waals surface area contributed by atoms with Crippen LogP contribution in [0.4, 0.5) is 0 Å². The quantitative estimate of drug-likeness (QED) is 0.844. The van der Waals surface area contributed by atoms with Crippen LogP contribution in [0, 0.1) is 11.3 Å². The highest BCUT2D eigenvalue weighted by Gasteiger charge is 2.32. The summed E-state index contributed by atoms with van der Waals surface area (Å²) in [6.07, 6.45) is 2.25. The summed E-state index contributed by atoms with van der Waals surface area (Å²) in [7, 11) is 0. The first-order valence-corrected chi connectivity index (χ1v) is 8.13. The second-order valence-corrected chi connectivity index (χ2v) is 6.66. The number of halogens is 1. The maximum atomic E-state index is 12.3. The molecule has 2 N–H and O–H groups in total. The van der Waals surface area contributed by atoms with Gasteiger partial charge in [-0.3, -0.25) is 4.79 Å². The van der Waals surface area contributed by atoms with Gasteiger partial charge < -0.3 is 15.2 Å². The molecule has 1 aliphatic heterocycles. The topological polar surface area (TPSA) is 58.6 Å². The molecule has 0 radical (unpaired) electrons. The van der Waals surface area contributed by atoms with Crippen molar-refractivity contribution in [3.63, 3.8) is 0 Å². The van der Waals surface area contributed by atoms with Gasteiger partial charge in [0.05, 0.1) is 6.61 Å². The third kappa shape index (κ3) is 4.70. The number of carbonyl (C=O) groups excluding carboxylic acids is 1. The van der Waals surface area contributed by atoms with E-state index in [1.54, 1.807) is 0 Å². The van der Waals surface area contributed by atoms with E-state index < -0.39 is 0 Å². The molecule has 122 valence electrons. The molecular weight excluding hydrogens is 302 g/mol. The van der Waals surface area contributed by atoms with Crippen LogP contribution in [0.15, 0.2) is 24.3 Å². The van der Waals surface area contributed by atoms with Crippen molar-refractivity contribution in [3.8, 4) is 0 Å². The van der Waals surface area contributed by atoms with Gasteiger partial charge in [-0.15, -0.1) is 0 Å². The molecule has 0 aromatic heterocycles. The molecule has 0 unspecified atom stereocenters. The lowest BCUT2D eigenvalue weighted by Crippen LogP contribution is -2.45. The fourth-order valence-corrected chi connectivity index (χ4v) is 2.84. The van der Waals surface area contributed by atoms with Gasteiger partial charge in [-0.1, -0.05) is 30.7 Å². The lowest BCUT2D eigenvalue weighted by Gasteiger charge is -2.35. The van der Waals surface area contributed by atoms with Gasteiger partial charge in [-0.05, 0) is 37.0 Å². The number of rotatable bonds is 6. The average Bonchev–Trinajstić information content (AvgIpc) is 2.55. The lowest BCUT2D eigenvalue weighted by molar-refractivity contribution is -0.125. The number of benzene rings is 1. The molecule has 1 saturated heterocycles. The first-order chi connectivity index (χ1) is 10.5. The van der Waals surface area contributed by atoms with Gasteiger partial charge in [-0.25, -0.2) is 0 Å².